The lowest BCUT2D eigenvalue weighted by Gasteiger charge is -2.18. The standard InChI is InChI=1S/C10H11F2NO4S/c1-9(2,3)17-7(14)6-13-5(4-18-6)10(11,12)8(15)16/h4H,1-3H3,(H,15,16)/p-1. The predicted octanol–water partition coefficient (Wildman–Crippen LogP) is 0.940. The van der Waals surface area contributed by atoms with Gasteiger partial charge in [-0.25, -0.2) is 9.78 Å². The lowest BCUT2D eigenvalue weighted by molar-refractivity contribution is -0.331. The van der Waals surface area contributed by atoms with Crippen LogP contribution in [0.15, 0.2) is 5.38 Å². The highest BCUT2D eigenvalue weighted by Crippen LogP contribution is 2.28. The third kappa shape index (κ3) is 3.22. The summed E-state index contributed by atoms with van der Waals surface area (Å²) in [4.78, 5) is 25.0. The maximum absolute atomic E-state index is 13.0. The van der Waals surface area contributed by atoms with Gasteiger partial charge >= 0.3 is 11.9 Å². The van der Waals surface area contributed by atoms with E-state index in [-0.39, 0.29) is 5.01 Å². The molecule has 1 rings (SSSR count). The van der Waals surface area contributed by atoms with Gasteiger partial charge in [-0.3, -0.25) is 0 Å². The molecule has 0 unspecified atom stereocenters. The highest BCUT2D eigenvalue weighted by atomic mass is 32.1. The maximum Gasteiger partial charge on any atom is 0.367 e. The Balaban J connectivity index is 2.94. The zero-order chi connectivity index (χ0) is 14.1. The van der Waals surface area contributed by atoms with Gasteiger partial charge in [-0.05, 0) is 20.8 Å². The van der Waals surface area contributed by atoms with E-state index in [1.807, 2.05) is 0 Å². The number of thiazole rings is 1. The van der Waals surface area contributed by atoms with Crippen molar-refractivity contribution in [2.24, 2.45) is 0 Å². The van der Waals surface area contributed by atoms with Crippen molar-refractivity contribution in [2.75, 3.05) is 0 Å². The van der Waals surface area contributed by atoms with E-state index in [0.29, 0.717) is 11.3 Å². The second kappa shape index (κ2) is 4.60. The van der Waals surface area contributed by atoms with Crippen molar-refractivity contribution in [3.8, 4) is 0 Å². The van der Waals surface area contributed by atoms with E-state index < -0.39 is 29.2 Å². The number of rotatable bonds is 3. The molecule has 0 saturated heterocycles. The molecule has 0 spiro atoms. The molecule has 0 aromatic carbocycles. The van der Waals surface area contributed by atoms with Crippen LogP contribution in [0.4, 0.5) is 8.78 Å². The molecule has 0 saturated carbocycles. The van der Waals surface area contributed by atoms with E-state index in [9.17, 15) is 23.5 Å². The van der Waals surface area contributed by atoms with Gasteiger partial charge in [0.25, 0.3) is 0 Å². The molecule has 0 aliphatic heterocycles. The Bertz CT molecular complexity index is 478. The van der Waals surface area contributed by atoms with Crippen LogP contribution in [0.25, 0.3) is 0 Å². The molecule has 0 aliphatic rings. The van der Waals surface area contributed by atoms with Crippen molar-refractivity contribution in [1.82, 2.24) is 4.98 Å². The van der Waals surface area contributed by atoms with Crippen LogP contribution in [-0.4, -0.2) is 22.5 Å². The number of ether oxygens (including phenoxy) is 1. The van der Waals surface area contributed by atoms with E-state index in [4.69, 9.17) is 4.74 Å². The summed E-state index contributed by atoms with van der Waals surface area (Å²) in [5.74, 6) is -7.67. The number of nitrogens with zero attached hydrogens (tertiary/aromatic N) is 1. The smallest absolute Gasteiger partial charge is 0.367 e. The van der Waals surface area contributed by atoms with Gasteiger partial charge < -0.3 is 14.6 Å². The fourth-order valence-electron chi connectivity index (χ4n) is 0.938. The van der Waals surface area contributed by atoms with Crippen molar-refractivity contribution in [3.05, 3.63) is 16.1 Å². The lowest BCUT2D eigenvalue weighted by atomic mass is 10.2. The Kier molecular flexibility index (Phi) is 3.70. The second-order valence-electron chi connectivity index (χ2n) is 4.40. The third-order valence-corrected chi connectivity index (χ3v) is 2.48. The Morgan fingerprint density at radius 3 is 2.39 bits per heavy atom. The average molecular weight is 278 g/mol. The first-order chi connectivity index (χ1) is 8.04. The number of carbonyl (C=O) groups excluding carboxylic acids is 2. The summed E-state index contributed by atoms with van der Waals surface area (Å²) in [7, 11) is 0. The average Bonchev–Trinajstić information content (AvgIpc) is 2.63. The van der Waals surface area contributed by atoms with E-state index in [1.54, 1.807) is 20.8 Å². The Morgan fingerprint density at radius 1 is 1.39 bits per heavy atom. The highest BCUT2D eigenvalue weighted by molar-refractivity contribution is 7.11. The maximum atomic E-state index is 13.0. The summed E-state index contributed by atoms with van der Waals surface area (Å²) >= 11 is 0.586. The first-order valence-corrected chi connectivity index (χ1v) is 5.70. The lowest BCUT2D eigenvalue weighted by Crippen LogP contribution is -2.39. The van der Waals surface area contributed by atoms with Crippen LogP contribution in [0.3, 0.4) is 0 Å². The molecule has 1 heterocycles. The summed E-state index contributed by atoms with van der Waals surface area (Å²) in [6, 6.07) is 0. The number of hydrogen-bond acceptors (Lipinski definition) is 6. The number of aliphatic carboxylic acids is 1. The number of carbonyl (C=O) groups is 2. The van der Waals surface area contributed by atoms with Crippen LogP contribution in [0, 0.1) is 0 Å². The normalized spacial score (nSPS) is 12.3. The molecule has 0 N–H and O–H groups in total. The van der Waals surface area contributed by atoms with Crippen LogP contribution in [0.5, 0.6) is 0 Å². The molecular weight excluding hydrogens is 268 g/mol. The third-order valence-electron chi connectivity index (χ3n) is 1.66. The number of hydrogen-bond donors (Lipinski definition) is 0. The molecule has 1 aromatic rings. The minimum absolute atomic E-state index is 0.333. The molecule has 8 heteroatoms. The van der Waals surface area contributed by atoms with Gasteiger partial charge in [0.2, 0.25) is 5.01 Å². The number of esters is 1. The quantitative estimate of drug-likeness (QED) is 0.769. The van der Waals surface area contributed by atoms with Gasteiger partial charge in [0.1, 0.15) is 17.3 Å². The predicted molar refractivity (Wildman–Crippen MR) is 56.2 cm³/mol. The summed E-state index contributed by atoms with van der Waals surface area (Å²) in [6.45, 7) is 4.82. The van der Waals surface area contributed by atoms with Crippen molar-refractivity contribution < 1.29 is 28.2 Å². The molecule has 100 valence electrons. The summed E-state index contributed by atoms with van der Waals surface area (Å²) in [5, 5.41) is 10.7. The van der Waals surface area contributed by atoms with Crippen LogP contribution < -0.4 is 5.11 Å². The van der Waals surface area contributed by atoms with Gasteiger partial charge in [-0.1, -0.05) is 0 Å². The van der Waals surface area contributed by atoms with Crippen molar-refractivity contribution in [2.45, 2.75) is 32.3 Å². The Morgan fingerprint density at radius 2 is 1.94 bits per heavy atom. The van der Waals surface area contributed by atoms with Crippen LogP contribution in [0.2, 0.25) is 0 Å². The monoisotopic (exact) mass is 278 g/mol. The van der Waals surface area contributed by atoms with Gasteiger partial charge in [0, 0.05) is 5.38 Å². The van der Waals surface area contributed by atoms with Gasteiger partial charge in [-0.2, -0.15) is 8.78 Å². The molecule has 0 aliphatic carbocycles. The van der Waals surface area contributed by atoms with Crippen molar-refractivity contribution in [3.63, 3.8) is 0 Å². The molecular formula is C10H10F2NO4S-. The fraction of sp³-hybridized carbons (Fsp3) is 0.500. The van der Waals surface area contributed by atoms with Crippen molar-refractivity contribution >= 4 is 23.3 Å². The van der Waals surface area contributed by atoms with Crippen LogP contribution in [-0.2, 0) is 15.5 Å². The molecule has 0 bridgehead atoms. The Labute approximate surface area is 105 Å². The van der Waals surface area contributed by atoms with Crippen LogP contribution in [0.1, 0.15) is 36.3 Å². The van der Waals surface area contributed by atoms with Crippen molar-refractivity contribution in [1.29, 1.82) is 0 Å². The fourth-order valence-corrected chi connectivity index (χ4v) is 1.65. The highest BCUT2D eigenvalue weighted by Gasteiger charge is 2.37. The zero-order valence-electron chi connectivity index (χ0n) is 9.82. The van der Waals surface area contributed by atoms with E-state index in [2.05, 4.69) is 4.98 Å². The number of aromatic nitrogens is 1. The van der Waals surface area contributed by atoms with Gasteiger partial charge in [0.15, 0.2) is 0 Å². The number of alkyl halides is 2. The van der Waals surface area contributed by atoms with Gasteiger partial charge in [0.05, 0.1) is 0 Å². The second-order valence-corrected chi connectivity index (χ2v) is 5.26. The molecule has 0 radical (unpaired) electrons. The zero-order valence-corrected chi connectivity index (χ0v) is 10.6. The minimum atomic E-state index is -4.23. The topological polar surface area (TPSA) is 79.3 Å². The summed E-state index contributed by atoms with van der Waals surface area (Å²) in [5.41, 5.74) is -1.83. The summed E-state index contributed by atoms with van der Waals surface area (Å²) < 4.78 is 31.0. The number of carboxylic acid groups (broad SMARTS) is 1. The molecule has 0 amide bonds. The first-order valence-electron chi connectivity index (χ1n) is 4.82. The molecule has 5 nitrogen and oxygen atoms in total. The van der Waals surface area contributed by atoms with E-state index in [0.717, 1.165) is 5.38 Å². The van der Waals surface area contributed by atoms with E-state index >= 15 is 0 Å². The van der Waals surface area contributed by atoms with Crippen LogP contribution >= 0.6 is 11.3 Å². The van der Waals surface area contributed by atoms with Gasteiger partial charge in [-0.15, -0.1) is 11.3 Å². The SMILES string of the molecule is CC(C)(C)OC(=O)c1nc(C(F)(F)C(=O)[O-])cs1. The minimum Gasteiger partial charge on any atom is -0.544 e. The molecule has 1 aromatic heterocycles. The largest absolute Gasteiger partial charge is 0.544 e. The Hall–Kier alpha value is -1.57. The molecule has 0 atom stereocenters. The number of carboxylic acids is 1. The van der Waals surface area contributed by atoms with E-state index in [1.165, 1.54) is 0 Å². The first kappa shape index (κ1) is 14.5. The summed E-state index contributed by atoms with van der Waals surface area (Å²) in [6.07, 6.45) is 0. The number of halogens is 2. The molecule has 0 fully saturated rings. The molecule has 18 heavy (non-hydrogen) atoms.